The van der Waals surface area contributed by atoms with E-state index in [0.717, 1.165) is 57.8 Å². The number of rotatable bonds is 5. The molecule has 1 unspecified atom stereocenters. The number of nitrogens with zero attached hydrogens (tertiary/aromatic N) is 4. The lowest BCUT2D eigenvalue weighted by molar-refractivity contribution is -0.221. The van der Waals surface area contributed by atoms with E-state index in [9.17, 15) is 13.2 Å². The Balaban J connectivity index is 1.47. The van der Waals surface area contributed by atoms with Crippen molar-refractivity contribution in [2.75, 3.05) is 26.3 Å². The number of pyridine rings is 1. The second kappa shape index (κ2) is 7.04. The fraction of sp³-hybridized carbons (Fsp3) is 0.652. The summed E-state index contributed by atoms with van der Waals surface area (Å²) in [5, 5.41) is 0. The van der Waals surface area contributed by atoms with Crippen LogP contribution < -0.4 is 0 Å². The molecule has 0 aromatic carbocycles. The molecule has 168 valence electrons. The summed E-state index contributed by atoms with van der Waals surface area (Å²) in [6.45, 7) is 9.21. The van der Waals surface area contributed by atoms with Gasteiger partial charge in [0, 0.05) is 48.2 Å². The lowest BCUT2D eigenvalue weighted by Gasteiger charge is -2.74. The molecule has 3 aliphatic carbocycles. The highest BCUT2D eigenvalue weighted by molar-refractivity contribution is 5.60. The Hall–Kier alpha value is -1.93. The summed E-state index contributed by atoms with van der Waals surface area (Å²) in [6, 6.07) is 1.19. The number of hydrogen-bond donors (Lipinski definition) is 0. The van der Waals surface area contributed by atoms with E-state index in [4.69, 9.17) is 9.72 Å². The third-order valence-electron chi connectivity index (χ3n) is 7.64. The summed E-state index contributed by atoms with van der Waals surface area (Å²) in [6.07, 6.45) is 3.23. The molecule has 0 amide bonds. The monoisotopic (exact) mass is 434 g/mol. The zero-order valence-electron chi connectivity index (χ0n) is 18.3. The van der Waals surface area contributed by atoms with Crippen LogP contribution in [0.5, 0.6) is 0 Å². The standard InChI is InChI=1S/C23H29F3N4O/c1-4-15(2)20-28-19(17-9-18(23(24,25)26)16(3)27-10-17)11-30(20)22-12-21(13-22,14-22)29-5-7-31-8-6-29/h9-11,15H,4-8,12-14H2,1-3H3. The maximum atomic E-state index is 13.4. The van der Waals surface area contributed by atoms with Gasteiger partial charge in [-0.05, 0) is 38.7 Å². The van der Waals surface area contributed by atoms with Crippen molar-refractivity contribution in [2.24, 2.45) is 0 Å². The van der Waals surface area contributed by atoms with Crippen molar-refractivity contribution in [1.82, 2.24) is 19.4 Å². The number of alkyl halides is 3. The minimum absolute atomic E-state index is 0.00953. The maximum absolute atomic E-state index is 13.4. The van der Waals surface area contributed by atoms with E-state index in [1.807, 2.05) is 6.20 Å². The summed E-state index contributed by atoms with van der Waals surface area (Å²) in [7, 11) is 0. The molecule has 0 radical (unpaired) electrons. The molecule has 1 saturated heterocycles. The van der Waals surface area contributed by atoms with Gasteiger partial charge < -0.3 is 9.30 Å². The summed E-state index contributed by atoms with van der Waals surface area (Å²) in [4.78, 5) is 11.4. The predicted molar refractivity (Wildman–Crippen MR) is 111 cm³/mol. The van der Waals surface area contributed by atoms with Crippen molar-refractivity contribution in [3.8, 4) is 11.3 Å². The van der Waals surface area contributed by atoms with Gasteiger partial charge in [0.05, 0.1) is 30.0 Å². The van der Waals surface area contributed by atoms with E-state index < -0.39 is 11.7 Å². The largest absolute Gasteiger partial charge is 0.418 e. The molecule has 8 heteroatoms. The summed E-state index contributed by atoms with van der Waals surface area (Å²) < 4.78 is 48.0. The lowest BCUT2D eigenvalue weighted by atomic mass is 9.43. The fourth-order valence-electron chi connectivity index (χ4n) is 5.71. The molecule has 31 heavy (non-hydrogen) atoms. The first-order valence-corrected chi connectivity index (χ1v) is 11.1. The lowest BCUT2D eigenvalue weighted by Crippen LogP contribution is -2.79. The van der Waals surface area contributed by atoms with Crippen molar-refractivity contribution in [2.45, 2.75) is 69.6 Å². The average molecular weight is 435 g/mol. The number of aryl methyl sites for hydroxylation is 1. The molecule has 3 saturated carbocycles. The molecule has 1 atom stereocenters. The Kier molecular flexibility index (Phi) is 4.75. The Morgan fingerprint density at radius 2 is 1.84 bits per heavy atom. The number of hydrogen-bond acceptors (Lipinski definition) is 4. The van der Waals surface area contributed by atoms with Crippen LogP contribution in [0.3, 0.4) is 0 Å². The molecular weight excluding hydrogens is 405 g/mol. The van der Waals surface area contributed by atoms with Gasteiger partial charge >= 0.3 is 6.18 Å². The van der Waals surface area contributed by atoms with E-state index in [-0.39, 0.29) is 22.7 Å². The average Bonchev–Trinajstić information content (AvgIpc) is 3.11. The number of morpholine rings is 1. The summed E-state index contributed by atoms with van der Waals surface area (Å²) in [5.41, 5.74) is 0.628. The highest BCUT2D eigenvalue weighted by atomic mass is 19.4. The van der Waals surface area contributed by atoms with Crippen LogP contribution in [0.25, 0.3) is 11.3 Å². The first kappa shape index (κ1) is 20.9. The highest BCUT2D eigenvalue weighted by Gasteiger charge is 2.71. The second-order valence-corrected chi connectivity index (χ2v) is 9.60. The van der Waals surface area contributed by atoms with Crippen molar-refractivity contribution in [3.05, 3.63) is 35.5 Å². The van der Waals surface area contributed by atoms with Gasteiger partial charge in [-0.1, -0.05) is 13.8 Å². The summed E-state index contributed by atoms with van der Waals surface area (Å²) >= 11 is 0. The molecule has 2 aromatic rings. The zero-order valence-corrected chi connectivity index (χ0v) is 18.3. The molecule has 2 bridgehead atoms. The molecule has 0 N–H and O–H groups in total. The quantitative estimate of drug-likeness (QED) is 0.681. The smallest absolute Gasteiger partial charge is 0.379 e. The van der Waals surface area contributed by atoms with Crippen molar-refractivity contribution >= 4 is 0 Å². The molecule has 5 nitrogen and oxygen atoms in total. The van der Waals surface area contributed by atoms with Crippen molar-refractivity contribution in [3.63, 3.8) is 0 Å². The van der Waals surface area contributed by atoms with Gasteiger partial charge in [-0.2, -0.15) is 13.2 Å². The van der Waals surface area contributed by atoms with E-state index in [2.05, 4.69) is 28.3 Å². The molecule has 0 spiro atoms. The van der Waals surface area contributed by atoms with E-state index in [1.165, 1.54) is 19.2 Å². The Bertz CT molecular complexity index is 973. The van der Waals surface area contributed by atoms with Crippen LogP contribution in [-0.2, 0) is 16.5 Å². The first-order chi connectivity index (χ1) is 14.7. The van der Waals surface area contributed by atoms with Crippen LogP contribution >= 0.6 is 0 Å². The van der Waals surface area contributed by atoms with Crippen LogP contribution in [-0.4, -0.2) is 51.3 Å². The second-order valence-electron chi connectivity index (χ2n) is 9.60. The van der Waals surface area contributed by atoms with Gasteiger partial charge in [-0.25, -0.2) is 4.98 Å². The van der Waals surface area contributed by atoms with Gasteiger partial charge in [0.1, 0.15) is 5.82 Å². The van der Waals surface area contributed by atoms with Gasteiger partial charge in [-0.3, -0.25) is 9.88 Å². The van der Waals surface area contributed by atoms with Crippen LogP contribution in [0.15, 0.2) is 18.5 Å². The molecule has 4 fully saturated rings. The van der Waals surface area contributed by atoms with Gasteiger partial charge in [0.2, 0.25) is 0 Å². The van der Waals surface area contributed by atoms with Crippen LogP contribution in [0, 0.1) is 6.92 Å². The topological polar surface area (TPSA) is 43.2 Å². The van der Waals surface area contributed by atoms with Crippen LogP contribution in [0.4, 0.5) is 13.2 Å². The van der Waals surface area contributed by atoms with Gasteiger partial charge in [-0.15, -0.1) is 0 Å². The third kappa shape index (κ3) is 3.21. The number of imidazole rings is 1. The van der Waals surface area contributed by atoms with E-state index in [1.54, 1.807) is 0 Å². The predicted octanol–water partition coefficient (Wildman–Crippen LogP) is 4.75. The highest BCUT2D eigenvalue weighted by Crippen LogP contribution is 2.68. The van der Waals surface area contributed by atoms with Crippen molar-refractivity contribution < 1.29 is 17.9 Å². The van der Waals surface area contributed by atoms with E-state index in [0.29, 0.717) is 11.3 Å². The molecule has 4 aliphatic rings. The first-order valence-electron chi connectivity index (χ1n) is 11.1. The minimum atomic E-state index is -4.42. The zero-order chi connectivity index (χ0) is 22.0. The molecule has 6 rings (SSSR count). The fourth-order valence-corrected chi connectivity index (χ4v) is 5.71. The van der Waals surface area contributed by atoms with Gasteiger partial charge in [0.15, 0.2) is 0 Å². The Morgan fingerprint density at radius 3 is 2.45 bits per heavy atom. The number of ether oxygens (including phenoxy) is 1. The number of aromatic nitrogens is 3. The molecule has 1 aliphatic heterocycles. The summed E-state index contributed by atoms with van der Waals surface area (Å²) in [5.74, 6) is 1.21. The van der Waals surface area contributed by atoms with Gasteiger partial charge in [0.25, 0.3) is 0 Å². The maximum Gasteiger partial charge on any atom is 0.418 e. The number of halogens is 3. The third-order valence-corrected chi connectivity index (χ3v) is 7.64. The molecule has 2 aromatic heterocycles. The van der Waals surface area contributed by atoms with Crippen molar-refractivity contribution in [1.29, 1.82) is 0 Å². The van der Waals surface area contributed by atoms with Crippen LogP contribution in [0.1, 0.15) is 62.5 Å². The molecule has 3 heterocycles. The van der Waals surface area contributed by atoms with Crippen LogP contribution in [0.2, 0.25) is 0 Å². The van der Waals surface area contributed by atoms with E-state index >= 15 is 0 Å². The minimum Gasteiger partial charge on any atom is -0.379 e. The Labute approximate surface area is 180 Å². The Morgan fingerprint density at radius 1 is 1.16 bits per heavy atom. The molecular formula is C23H29F3N4O. The normalized spacial score (nSPS) is 29.4. The SMILES string of the molecule is CCC(C)c1nc(-c2cnc(C)c(C(F)(F)F)c2)cn1C12CC(N3CCOCC3)(C1)C2.